The number of nitrogens with one attached hydrogen (secondary N) is 1. The molecule has 18 heavy (non-hydrogen) atoms. The highest BCUT2D eigenvalue weighted by molar-refractivity contribution is 7.99. The van der Waals surface area contributed by atoms with E-state index >= 15 is 0 Å². The fraction of sp³-hybridized carbons (Fsp3) is 0.231. The molecule has 1 aromatic carbocycles. The second-order valence-electron chi connectivity index (χ2n) is 3.97. The molecule has 0 aliphatic rings. The number of aromatic amines is 1. The van der Waals surface area contributed by atoms with Crippen molar-refractivity contribution in [3.8, 4) is 0 Å². The molecule has 0 atom stereocenters. The average molecular weight is 261 g/mol. The Labute approximate surface area is 110 Å². The summed E-state index contributed by atoms with van der Waals surface area (Å²) in [7, 11) is 0. The van der Waals surface area contributed by atoms with Gasteiger partial charge in [0.15, 0.2) is 5.16 Å². The van der Waals surface area contributed by atoms with Crippen molar-refractivity contribution >= 4 is 11.8 Å². The Kier molecular flexibility index (Phi) is 4.17. The Balaban J connectivity index is 2.20. The van der Waals surface area contributed by atoms with Gasteiger partial charge in [-0.05, 0) is 43.1 Å². The molecule has 0 radical (unpaired) electrons. The van der Waals surface area contributed by atoms with Gasteiger partial charge in [-0.1, -0.05) is 17.8 Å². The van der Waals surface area contributed by atoms with Crippen LogP contribution in [0.3, 0.4) is 0 Å². The monoisotopic (exact) mass is 261 g/mol. The van der Waals surface area contributed by atoms with Gasteiger partial charge in [0.1, 0.15) is 0 Å². The minimum Gasteiger partial charge on any atom is -0.330 e. The molecule has 0 saturated heterocycles. The number of H-pyrrole nitrogens is 1. The molecule has 1 aromatic heterocycles. The maximum absolute atomic E-state index is 11.2. The van der Waals surface area contributed by atoms with Gasteiger partial charge in [-0.15, -0.1) is 0 Å². The van der Waals surface area contributed by atoms with E-state index in [4.69, 9.17) is 5.73 Å². The number of rotatable bonds is 4. The molecule has 5 heteroatoms. The normalized spacial score (nSPS) is 10.6. The lowest BCUT2D eigenvalue weighted by Gasteiger charge is -2.06. The number of nitrogens with zero attached hydrogens (tertiary/aromatic N) is 1. The number of aromatic nitrogens is 2. The Morgan fingerprint density at radius 3 is 2.89 bits per heavy atom. The topological polar surface area (TPSA) is 71.8 Å². The molecular formula is C13H15N3OS. The quantitative estimate of drug-likeness (QED) is 0.822. The molecule has 94 valence electrons. The van der Waals surface area contributed by atoms with Gasteiger partial charge >= 0.3 is 0 Å². The molecule has 0 aliphatic heterocycles. The Bertz CT molecular complexity index is 595. The highest BCUT2D eigenvalue weighted by Gasteiger charge is 2.03. The van der Waals surface area contributed by atoms with Crippen molar-refractivity contribution in [3.63, 3.8) is 0 Å². The summed E-state index contributed by atoms with van der Waals surface area (Å²) in [6, 6.07) is 7.59. The van der Waals surface area contributed by atoms with E-state index in [9.17, 15) is 4.79 Å². The first kappa shape index (κ1) is 12.9. The third-order valence-corrected chi connectivity index (χ3v) is 3.48. The van der Waals surface area contributed by atoms with E-state index in [0.29, 0.717) is 11.7 Å². The van der Waals surface area contributed by atoms with Crippen LogP contribution < -0.4 is 11.3 Å². The number of hydrogen-bond donors (Lipinski definition) is 2. The van der Waals surface area contributed by atoms with Gasteiger partial charge in [-0.3, -0.25) is 4.79 Å². The first-order valence-corrected chi connectivity index (χ1v) is 6.53. The summed E-state index contributed by atoms with van der Waals surface area (Å²) in [5.41, 5.74) is 7.89. The fourth-order valence-electron chi connectivity index (χ4n) is 1.68. The highest BCUT2D eigenvalue weighted by atomic mass is 32.2. The predicted molar refractivity (Wildman–Crippen MR) is 72.9 cm³/mol. The van der Waals surface area contributed by atoms with Crippen molar-refractivity contribution < 1.29 is 0 Å². The number of benzene rings is 1. The van der Waals surface area contributed by atoms with Crippen molar-refractivity contribution in [2.75, 3.05) is 6.54 Å². The lowest BCUT2D eigenvalue weighted by molar-refractivity contribution is 0.934. The molecule has 0 aliphatic carbocycles. The molecule has 2 rings (SSSR count). The summed E-state index contributed by atoms with van der Waals surface area (Å²) in [5.74, 6) is 0. The molecule has 0 saturated carbocycles. The van der Waals surface area contributed by atoms with E-state index in [0.717, 1.165) is 11.3 Å². The Hall–Kier alpha value is -1.59. The summed E-state index contributed by atoms with van der Waals surface area (Å²) in [5, 5.41) is 0.605. The predicted octanol–water partition coefficient (Wildman–Crippen LogP) is 1.73. The van der Waals surface area contributed by atoms with Crippen molar-refractivity contribution in [2.45, 2.75) is 23.4 Å². The van der Waals surface area contributed by atoms with Crippen molar-refractivity contribution in [3.05, 3.63) is 51.9 Å². The smallest absolute Gasteiger partial charge is 0.251 e. The van der Waals surface area contributed by atoms with Crippen molar-refractivity contribution in [2.24, 2.45) is 5.73 Å². The maximum Gasteiger partial charge on any atom is 0.251 e. The van der Waals surface area contributed by atoms with Gasteiger partial charge in [-0.2, -0.15) is 0 Å². The summed E-state index contributed by atoms with van der Waals surface area (Å²) in [4.78, 5) is 19.0. The number of nitrogens with two attached hydrogens (primary N) is 1. The first-order chi connectivity index (χ1) is 8.69. The minimum absolute atomic E-state index is 0.135. The van der Waals surface area contributed by atoms with E-state index in [2.05, 4.69) is 29.0 Å². The van der Waals surface area contributed by atoms with Crippen molar-refractivity contribution in [1.29, 1.82) is 0 Å². The van der Waals surface area contributed by atoms with E-state index in [-0.39, 0.29) is 5.56 Å². The highest BCUT2D eigenvalue weighted by Crippen LogP contribution is 2.25. The lowest BCUT2D eigenvalue weighted by atomic mass is 10.1. The molecule has 0 spiro atoms. The average Bonchev–Trinajstić information content (AvgIpc) is 2.33. The van der Waals surface area contributed by atoms with E-state index in [1.54, 1.807) is 0 Å². The van der Waals surface area contributed by atoms with E-state index in [1.807, 2.05) is 6.07 Å². The Morgan fingerprint density at radius 2 is 2.22 bits per heavy atom. The van der Waals surface area contributed by atoms with Crippen LogP contribution in [0.1, 0.15) is 11.1 Å². The van der Waals surface area contributed by atoms with E-state index < -0.39 is 0 Å². The summed E-state index contributed by atoms with van der Waals surface area (Å²) >= 11 is 1.44. The molecule has 0 bridgehead atoms. The van der Waals surface area contributed by atoms with Gasteiger partial charge in [0, 0.05) is 17.2 Å². The zero-order valence-electron chi connectivity index (χ0n) is 10.1. The van der Waals surface area contributed by atoms with Crippen LogP contribution in [0, 0.1) is 6.92 Å². The molecule has 0 unspecified atom stereocenters. The maximum atomic E-state index is 11.2. The SMILES string of the molecule is Cc1cc(Sc2nccc(=O)[nH]2)ccc1CCN. The van der Waals surface area contributed by atoms with Gasteiger partial charge in [-0.25, -0.2) is 4.98 Å². The molecule has 4 nitrogen and oxygen atoms in total. The second-order valence-corrected chi connectivity index (χ2v) is 5.03. The first-order valence-electron chi connectivity index (χ1n) is 5.72. The molecule has 2 aromatic rings. The number of aryl methyl sites for hydroxylation is 1. The van der Waals surface area contributed by atoms with Gasteiger partial charge < -0.3 is 10.7 Å². The van der Waals surface area contributed by atoms with Gasteiger partial charge in [0.2, 0.25) is 0 Å². The van der Waals surface area contributed by atoms with Gasteiger partial charge in [0.25, 0.3) is 5.56 Å². The van der Waals surface area contributed by atoms with E-state index in [1.165, 1.54) is 35.2 Å². The summed E-state index contributed by atoms with van der Waals surface area (Å²) in [6.07, 6.45) is 2.40. The zero-order chi connectivity index (χ0) is 13.0. The largest absolute Gasteiger partial charge is 0.330 e. The Morgan fingerprint density at radius 1 is 1.39 bits per heavy atom. The zero-order valence-corrected chi connectivity index (χ0v) is 11.0. The number of hydrogen-bond acceptors (Lipinski definition) is 4. The van der Waals surface area contributed by atoms with Gasteiger partial charge in [0.05, 0.1) is 0 Å². The standard InChI is InChI=1S/C13H15N3OS/c1-9-8-11(3-2-10(9)4-6-14)18-13-15-7-5-12(17)16-13/h2-3,5,7-8H,4,6,14H2,1H3,(H,15,16,17). The van der Waals surface area contributed by atoms with Crippen LogP contribution in [-0.2, 0) is 6.42 Å². The third-order valence-electron chi connectivity index (χ3n) is 2.59. The van der Waals surface area contributed by atoms with Crippen molar-refractivity contribution in [1.82, 2.24) is 9.97 Å². The van der Waals surface area contributed by atoms with Crippen LogP contribution in [0.4, 0.5) is 0 Å². The molecule has 1 heterocycles. The van der Waals surface area contributed by atoms with Crippen LogP contribution in [0.25, 0.3) is 0 Å². The van der Waals surface area contributed by atoms with Crippen LogP contribution in [0.15, 0.2) is 45.3 Å². The summed E-state index contributed by atoms with van der Waals surface area (Å²) < 4.78 is 0. The molecular weight excluding hydrogens is 246 g/mol. The fourth-order valence-corrected chi connectivity index (χ4v) is 2.54. The molecule has 0 amide bonds. The minimum atomic E-state index is -0.135. The second kappa shape index (κ2) is 5.84. The van der Waals surface area contributed by atoms with Crippen LogP contribution >= 0.6 is 11.8 Å². The lowest BCUT2D eigenvalue weighted by Crippen LogP contribution is -2.05. The van der Waals surface area contributed by atoms with Crippen LogP contribution in [-0.4, -0.2) is 16.5 Å². The molecule has 0 fully saturated rings. The molecule has 3 N–H and O–H groups in total. The third kappa shape index (κ3) is 3.21. The van der Waals surface area contributed by atoms with Crippen LogP contribution in [0.5, 0.6) is 0 Å². The summed E-state index contributed by atoms with van der Waals surface area (Å²) in [6.45, 7) is 2.72. The van der Waals surface area contributed by atoms with Crippen LogP contribution in [0.2, 0.25) is 0 Å².